The van der Waals surface area contributed by atoms with Crippen LogP contribution in [-0.2, 0) is 4.74 Å². The molecule has 0 atom stereocenters. The van der Waals surface area contributed by atoms with Gasteiger partial charge in [-0.3, -0.25) is 0 Å². The Morgan fingerprint density at radius 3 is 2.94 bits per heavy atom. The van der Waals surface area contributed by atoms with Crippen molar-refractivity contribution in [2.24, 2.45) is 0 Å². The molecule has 0 aromatic carbocycles. The van der Waals surface area contributed by atoms with Crippen molar-refractivity contribution < 1.29 is 9.53 Å². The molecule has 0 radical (unpaired) electrons. The summed E-state index contributed by atoms with van der Waals surface area (Å²) in [6.45, 7) is 2.16. The molecular formula is C12H11NO2S2. The zero-order chi connectivity index (χ0) is 12.1. The normalized spacial score (nSPS) is 10.2. The number of esters is 1. The van der Waals surface area contributed by atoms with E-state index in [1.165, 1.54) is 4.21 Å². The minimum Gasteiger partial charge on any atom is -0.462 e. The van der Waals surface area contributed by atoms with E-state index in [0.717, 1.165) is 5.03 Å². The molecular weight excluding hydrogens is 254 g/mol. The summed E-state index contributed by atoms with van der Waals surface area (Å²) >= 11 is 3.25. The summed E-state index contributed by atoms with van der Waals surface area (Å²) in [6, 6.07) is 7.60. The lowest BCUT2D eigenvalue weighted by atomic mass is 10.3. The van der Waals surface area contributed by atoms with E-state index in [9.17, 15) is 4.79 Å². The van der Waals surface area contributed by atoms with Gasteiger partial charge in [0.05, 0.1) is 16.4 Å². The maximum Gasteiger partial charge on any atom is 0.339 e. The summed E-state index contributed by atoms with van der Waals surface area (Å²) in [4.78, 5) is 15.6. The molecule has 0 spiro atoms. The smallest absolute Gasteiger partial charge is 0.339 e. The van der Waals surface area contributed by atoms with Gasteiger partial charge in [0.2, 0.25) is 0 Å². The van der Waals surface area contributed by atoms with Gasteiger partial charge in [-0.25, -0.2) is 9.78 Å². The maximum absolute atomic E-state index is 11.4. The lowest BCUT2D eigenvalue weighted by molar-refractivity contribution is 0.0525. The van der Waals surface area contributed by atoms with E-state index in [4.69, 9.17) is 4.74 Å². The summed E-state index contributed by atoms with van der Waals surface area (Å²) in [5.41, 5.74) is 0.488. The van der Waals surface area contributed by atoms with E-state index in [2.05, 4.69) is 4.98 Å². The second-order valence-corrected chi connectivity index (χ2v) is 5.41. The van der Waals surface area contributed by atoms with Crippen molar-refractivity contribution >= 4 is 29.1 Å². The predicted molar refractivity (Wildman–Crippen MR) is 68.6 cm³/mol. The predicted octanol–water partition coefficient (Wildman–Crippen LogP) is 3.47. The van der Waals surface area contributed by atoms with Gasteiger partial charge in [0.25, 0.3) is 0 Å². The van der Waals surface area contributed by atoms with Gasteiger partial charge in [-0.1, -0.05) is 17.8 Å². The van der Waals surface area contributed by atoms with Crippen molar-refractivity contribution in [1.29, 1.82) is 0 Å². The molecule has 2 aromatic heterocycles. The maximum atomic E-state index is 11.4. The first-order chi connectivity index (χ1) is 8.29. The lowest BCUT2D eigenvalue weighted by Gasteiger charge is -2.02. The molecule has 0 fully saturated rings. The largest absolute Gasteiger partial charge is 0.462 e. The van der Waals surface area contributed by atoms with E-state index >= 15 is 0 Å². The summed E-state index contributed by atoms with van der Waals surface area (Å²) in [7, 11) is 0. The van der Waals surface area contributed by atoms with Gasteiger partial charge in [0, 0.05) is 6.20 Å². The zero-order valence-electron chi connectivity index (χ0n) is 9.25. The van der Waals surface area contributed by atoms with Crippen molar-refractivity contribution in [3.63, 3.8) is 0 Å². The van der Waals surface area contributed by atoms with Crippen LogP contribution in [0.25, 0.3) is 0 Å². The van der Waals surface area contributed by atoms with Crippen LogP contribution >= 0.6 is 23.1 Å². The molecule has 88 valence electrons. The topological polar surface area (TPSA) is 39.2 Å². The molecule has 0 aliphatic rings. The van der Waals surface area contributed by atoms with Gasteiger partial charge >= 0.3 is 5.97 Å². The standard InChI is InChI=1S/C12H11NO2S2/c1-2-15-12(14)9-5-6-10(13-8-9)17-11-4-3-7-16-11/h3-8H,2H2,1H3. The van der Waals surface area contributed by atoms with Crippen molar-refractivity contribution in [1.82, 2.24) is 4.98 Å². The van der Waals surface area contributed by atoms with Crippen LogP contribution in [0.15, 0.2) is 45.1 Å². The molecule has 0 amide bonds. The number of aromatic nitrogens is 1. The van der Waals surface area contributed by atoms with Crippen molar-refractivity contribution in [3.05, 3.63) is 41.4 Å². The van der Waals surface area contributed by atoms with Crippen LogP contribution in [0, 0.1) is 0 Å². The number of hydrogen-bond donors (Lipinski definition) is 0. The van der Waals surface area contributed by atoms with Crippen molar-refractivity contribution in [2.45, 2.75) is 16.2 Å². The highest BCUT2D eigenvalue weighted by atomic mass is 32.2. The van der Waals surface area contributed by atoms with E-state index in [0.29, 0.717) is 12.2 Å². The SMILES string of the molecule is CCOC(=O)c1ccc(Sc2cccs2)nc1. The first-order valence-electron chi connectivity index (χ1n) is 5.14. The average Bonchev–Trinajstić information content (AvgIpc) is 2.83. The Balaban J connectivity index is 2.05. The zero-order valence-corrected chi connectivity index (χ0v) is 10.9. The average molecular weight is 265 g/mol. The van der Waals surface area contributed by atoms with Crippen LogP contribution in [-0.4, -0.2) is 17.6 Å². The van der Waals surface area contributed by atoms with Gasteiger partial charge in [-0.2, -0.15) is 0 Å². The fourth-order valence-corrected chi connectivity index (χ4v) is 2.86. The van der Waals surface area contributed by atoms with Crippen LogP contribution in [0.4, 0.5) is 0 Å². The molecule has 2 rings (SSSR count). The van der Waals surface area contributed by atoms with E-state index in [1.807, 2.05) is 23.6 Å². The number of nitrogens with zero attached hydrogens (tertiary/aromatic N) is 1. The van der Waals surface area contributed by atoms with Crippen LogP contribution < -0.4 is 0 Å². The van der Waals surface area contributed by atoms with Crippen LogP contribution in [0.3, 0.4) is 0 Å². The number of ether oxygens (including phenoxy) is 1. The third-order valence-electron chi connectivity index (χ3n) is 1.95. The third-order valence-corrected chi connectivity index (χ3v) is 3.94. The third kappa shape index (κ3) is 3.31. The van der Waals surface area contributed by atoms with Gasteiger partial charge < -0.3 is 4.74 Å². The Kier molecular flexibility index (Phi) is 4.17. The van der Waals surface area contributed by atoms with E-state index in [-0.39, 0.29) is 5.97 Å². The molecule has 2 heterocycles. The number of hydrogen-bond acceptors (Lipinski definition) is 5. The molecule has 0 saturated carbocycles. The molecule has 0 N–H and O–H groups in total. The fourth-order valence-electron chi connectivity index (χ4n) is 1.20. The summed E-state index contributed by atoms with van der Waals surface area (Å²) < 4.78 is 6.07. The fraction of sp³-hybridized carbons (Fsp3) is 0.167. The number of thiophene rings is 1. The molecule has 0 aliphatic carbocycles. The Hall–Kier alpha value is -1.33. The Bertz CT molecular complexity index is 480. The van der Waals surface area contributed by atoms with Crippen LogP contribution in [0.2, 0.25) is 0 Å². The summed E-state index contributed by atoms with van der Waals surface area (Å²) in [5, 5.41) is 2.90. The molecule has 0 unspecified atom stereocenters. The number of carbonyl (C=O) groups is 1. The van der Waals surface area contributed by atoms with Gasteiger partial charge in [-0.05, 0) is 30.5 Å². The monoisotopic (exact) mass is 265 g/mol. The Morgan fingerprint density at radius 1 is 1.47 bits per heavy atom. The lowest BCUT2D eigenvalue weighted by Crippen LogP contribution is -2.04. The Labute approximate surface area is 108 Å². The van der Waals surface area contributed by atoms with Gasteiger partial charge in [0.15, 0.2) is 0 Å². The molecule has 0 aliphatic heterocycles. The molecule has 5 heteroatoms. The molecule has 3 nitrogen and oxygen atoms in total. The molecule has 0 saturated heterocycles. The van der Waals surface area contributed by atoms with Crippen molar-refractivity contribution in [2.75, 3.05) is 6.61 Å². The summed E-state index contributed by atoms with van der Waals surface area (Å²) in [6.07, 6.45) is 1.55. The van der Waals surface area contributed by atoms with Crippen LogP contribution in [0.5, 0.6) is 0 Å². The molecule has 17 heavy (non-hydrogen) atoms. The number of carbonyl (C=O) groups excluding carboxylic acids is 1. The molecule has 2 aromatic rings. The first-order valence-corrected chi connectivity index (χ1v) is 6.83. The van der Waals surface area contributed by atoms with Crippen molar-refractivity contribution in [3.8, 4) is 0 Å². The highest BCUT2D eigenvalue weighted by Crippen LogP contribution is 2.29. The van der Waals surface area contributed by atoms with E-state index in [1.54, 1.807) is 42.3 Å². The number of rotatable bonds is 4. The van der Waals surface area contributed by atoms with E-state index < -0.39 is 0 Å². The first kappa shape index (κ1) is 12.1. The quantitative estimate of drug-likeness (QED) is 0.793. The van der Waals surface area contributed by atoms with Gasteiger partial charge in [0.1, 0.15) is 5.03 Å². The van der Waals surface area contributed by atoms with Crippen LogP contribution in [0.1, 0.15) is 17.3 Å². The Morgan fingerprint density at radius 2 is 2.35 bits per heavy atom. The second kappa shape index (κ2) is 5.84. The summed E-state index contributed by atoms with van der Waals surface area (Å²) in [5.74, 6) is -0.326. The van der Waals surface area contributed by atoms with Gasteiger partial charge in [-0.15, -0.1) is 11.3 Å². The minimum absolute atomic E-state index is 0.326. The highest BCUT2D eigenvalue weighted by molar-refractivity contribution is 8.01. The molecule has 0 bridgehead atoms. The second-order valence-electron chi connectivity index (χ2n) is 3.14. The number of pyridine rings is 1. The minimum atomic E-state index is -0.326. The highest BCUT2D eigenvalue weighted by Gasteiger charge is 2.07.